The number of aromatic amines is 1. The van der Waals surface area contributed by atoms with Crippen LogP contribution in [0.4, 0.5) is 20.3 Å². The van der Waals surface area contributed by atoms with E-state index >= 15 is 0 Å². The molecule has 246 valence electrons. The normalized spacial score (nSPS) is 22.0. The highest BCUT2D eigenvalue weighted by Gasteiger charge is 2.50. The van der Waals surface area contributed by atoms with Crippen LogP contribution in [0.2, 0.25) is 0 Å². The second-order valence-corrected chi connectivity index (χ2v) is 11.7. The number of morpholine rings is 1. The molecule has 3 saturated heterocycles. The lowest BCUT2D eigenvalue weighted by Crippen LogP contribution is -2.68. The quantitative estimate of drug-likeness (QED) is 0.270. The SMILES string of the molecule is COc1cc(-c2cnc(O[C@H]3C[C@@H](C(=O)O)N(c4cc(-c5ccc[nH]5)nc(C(F)F)n4)C3)c(N3CCOC4(COC4)[C@@H]3C)c2)ccn1. The number of aromatic nitrogens is 5. The third kappa shape index (κ3) is 5.80. The van der Waals surface area contributed by atoms with Gasteiger partial charge < -0.3 is 38.8 Å². The second kappa shape index (κ2) is 12.4. The van der Waals surface area contributed by atoms with Crippen molar-refractivity contribution in [3.63, 3.8) is 0 Å². The molecule has 7 heterocycles. The number of carbonyl (C=O) groups is 1. The van der Waals surface area contributed by atoms with E-state index in [0.717, 1.165) is 11.1 Å². The summed E-state index contributed by atoms with van der Waals surface area (Å²) in [6, 6.07) is 9.41. The van der Waals surface area contributed by atoms with Gasteiger partial charge in [0, 0.05) is 49.3 Å². The third-order valence-electron chi connectivity index (χ3n) is 8.98. The molecule has 1 spiro atoms. The first-order valence-electron chi connectivity index (χ1n) is 15.2. The van der Waals surface area contributed by atoms with Crippen molar-refractivity contribution in [1.82, 2.24) is 24.9 Å². The average Bonchev–Trinajstić information content (AvgIpc) is 3.76. The number of nitrogens with one attached hydrogen (secondary N) is 1. The molecule has 47 heavy (non-hydrogen) atoms. The Labute approximate surface area is 268 Å². The molecule has 4 aromatic heterocycles. The Morgan fingerprint density at radius 2 is 2.00 bits per heavy atom. The predicted octanol–water partition coefficient (Wildman–Crippen LogP) is 3.98. The number of ether oxygens (including phenoxy) is 4. The van der Waals surface area contributed by atoms with Crippen molar-refractivity contribution in [2.45, 2.75) is 43.6 Å². The zero-order valence-corrected chi connectivity index (χ0v) is 25.7. The highest BCUT2D eigenvalue weighted by atomic mass is 19.3. The van der Waals surface area contributed by atoms with Crippen LogP contribution in [0.3, 0.4) is 0 Å². The van der Waals surface area contributed by atoms with Crippen molar-refractivity contribution in [2.24, 2.45) is 0 Å². The summed E-state index contributed by atoms with van der Waals surface area (Å²) in [5.41, 5.74) is 2.63. The zero-order chi connectivity index (χ0) is 32.7. The minimum absolute atomic E-state index is 0.0711. The standard InChI is InChI=1S/C32H33F2N7O6/c1-18-32(16-45-17-32)46-9-8-40(18)24-10-20(19-5-7-36-27(11-19)44-2)14-37-30(24)47-21-12-25(31(42)43)41(15-21)26-13-23(22-4-3-6-35-22)38-29(39-26)28(33)34/h3-7,10-11,13-14,18,21,25,28,35H,8-9,12,15-17H2,1-2H3,(H,42,43)/t18-,21-,25-/m0/s1. The van der Waals surface area contributed by atoms with Gasteiger partial charge in [0.2, 0.25) is 11.8 Å². The molecule has 0 aromatic carbocycles. The van der Waals surface area contributed by atoms with E-state index in [1.54, 1.807) is 37.8 Å². The first kappa shape index (κ1) is 30.7. The molecule has 3 atom stereocenters. The van der Waals surface area contributed by atoms with Crippen molar-refractivity contribution in [2.75, 3.05) is 49.8 Å². The summed E-state index contributed by atoms with van der Waals surface area (Å²) >= 11 is 0. The third-order valence-corrected chi connectivity index (χ3v) is 8.98. The highest BCUT2D eigenvalue weighted by Crippen LogP contribution is 2.41. The molecule has 0 saturated carbocycles. The molecule has 3 fully saturated rings. The minimum atomic E-state index is -2.95. The summed E-state index contributed by atoms with van der Waals surface area (Å²) in [6.07, 6.45) is 1.46. The van der Waals surface area contributed by atoms with E-state index in [-0.39, 0.29) is 30.5 Å². The largest absolute Gasteiger partial charge is 0.481 e. The van der Waals surface area contributed by atoms with Crippen LogP contribution in [0, 0.1) is 0 Å². The number of halogens is 2. The van der Waals surface area contributed by atoms with Crippen LogP contribution in [0.25, 0.3) is 22.5 Å². The lowest BCUT2D eigenvalue weighted by atomic mass is 9.90. The number of aliphatic carboxylic acids is 1. The van der Waals surface area contributed by atoms with Crippen molar-refractivity contribution in [3.05, 3.63) is 60.8 Å². The number of pyridine rings is 2. The Balaban J connectivity index is 1.23. The summed E-state index contributed by atoms with van der Waals surface area (Å²) < 4.78 is 51.3. The molecule has 2 N–H and O–H groups in total. The first-order valence-corrected chi connectivity index (χ1v) is 15.2. The van der Waals surface area contributed by atoms with Gasteiger partial charge in [0.1, 0.15) is 29.3 Å². The number of hydrogen-bond donors (Lipinski definition) is 2. The van der Waals surface area contributed by atoms with Crippen LogP contribution in [0.5, 0.6) is 11.8 Å². The van der Waals surface area contributed by atoms with Crippen molar-refractivity contribution < 1.29 is 37.6 Å². The van der Waals surface area contributed by atoms with E-state index in [9.17, 15) is 18.7 Å². The second-order valence-electron chi connectivity index (χ2n) is 11.7. The first-order chi connectivity index (χ1) is 22.7. The van der Waals surface area contributed by atoms with Gasteiger partial charge in [-0.2, -0.15) is 0 Å². The van der Waals surface area contributed by atoms with Gasteiger partial charge in [-0.05, 0) is 36.8 Å². The van der Waals surface area contributed by atoms with Gasteiger partial charge >= 0.3 is 5.97 Å². The van der Waals surface area contributed by atoms with Gasteiger partial charge in [-0.25, -0.2) is 33.5 Å². The Hall–Kier alpha value is -4.89. The van der Waals surface area contributed by atoms with Gasteiger partial charge in [0.15, 0.2) is 5.82 Å². The van der Waals surface area contributed by atoms with Gasteiger partial charge in [-0.15, -0.1) is 0 Å². The van der Waals surface area contributed by atoms with Gasteiger partial charge in [0.25, 0.3) is 6.43 Å². The van der Waals surface area contributed by atoms with Crippen LogP contribution >= 0.6 is 0 Å². The molecular formula is C32H33F2N7O6. The number of carboxylic acid groups (broad SMARTS) is 1. The van der Waals surface area contributed by atoms with E-state index in [1.807, 2.05) is 18.2 Å². The van der Waals surface area contributed by atoms with Crippen molar-refractivity contribution in [3.8, 4) is 34.3 Å². The maximum absolute atomic E-state index is 13.9. The molecule has 0 amide bonds. The molecule has 3 aliphatic rings. The topological polar surface area (TPSA) is 148 Å². The number of rotatable bonds is 9. The van der Waals surface area contributed by atoms with Crippen LogP contribution < -0.4 is 19.3 Å². The molecule has 3 aliphatic heterocycles. The molecular weight excluding hydrogens is 616 g/mol. The number of H-pyrrole nitrogens is 1. The molecule has 13 nitrogen and oxygen atoms in total. The Kier molecular flexibility index (Phi) is 8.09. The molecule has 4 aromatic rings. The molecule has 0 radical (unpaired) electrons. The minimum Gasteiger partial charge on any atom is -0.481 e. The van der Waals surface area contributed by atoms with Crippen LogP contribution in [-0.4, -0.2) is 99.8 Å². The van der Waals surface area contributed by atoms with E-state index in [1.165, 1.54) is 11.0 Å². The maximum Gasteiger partial charge on any atom is 0.326 e. The molecule has 0 aliphatic carbocycles. The number of methoxy groups -OCH3 is 1. The number of alkyl halides is 2. The lowest BCUT2D eigenvalue weighted by Gasteiger charge is -2.53. The Morgan fingerprint density at radius 1 is 1.15 bits per heavy atom. The number of hydrogen-bond acceptors (Lipinski definition) is 11. The number of anilines is 2. The van der Waals surface area contributed by atoms with Gasteiger partial charge in [0.05, 0.1) is 50.9 Å². The summed E-state index contributed by atoms with van der Waals surface area (Å²) in [5.74, 6) is -0.971. The summed E-state index contributed by atoms with van der Waals surface area (Å²) in [5, 5.41) is 10.2. The number of nitrogens with zero attached hydrogens (tertiary/aromatic N) is 6. The van der Waals surface area contributed by atoms with E-state index in [4.69, 9.17) is 23.9 Å². The van der Waals surface area contributed by atoms with E-state index < -0.39 is 36.0 Å². The summed E-state index contributed by atoms with van der Waals surface area (Å²) in [7, 11) is 1.55. The molecule has 7 rings (SSSR count). The number of carboxylic acids is 1. The Bertz CT molecular complexity index is 1760. The molecule has 0 bridgehead atoms. The molecule has 0 unspecified atom stereocenters. The molecule has 15 heteroatoms. The van der Waals surface area contributed by atoms with Crippen LogP contribution in [0.1, 0.15) is 25.6 Å². The van der Waals surface area contributed by atoms with Gasteiger partial charge in [-0.3, -0.25) is 0 Å². The smallest absolute Gasteiger partial charge is 0.326 e. The predicted molar refractivity (Wildman–Crippen MR) is 165 cm³/mol. The monoisotopic (exact) mass is 649 g/mol. The Morgan fingerprint density at radius 3 is 2.70 bits per heavy atom. The van der Waals surface area contributed by atoms with Crippen molar-refractivity contribution >= 4 is 17.5 Å². The zero-order valence-electron chi connectivity index (χ0n) is 25.7. The summed E-state index contributed by atoms with van der Waals surface area (Å²) in [4.78, 5) is 36.1. The maximum atomic E-state index is 13.9. The average molecular weight is 650 g/mol. The highest BCUT2D eigenvalue weighted by molar-refractivity contribution is 5.79. The lowest BCUT2D eigenvalue weighted by molar-refractivity contribution is -0.228. The van der Waals surface area contributed by atoms with Crippen molar-refractivity contribution in [1.29, 1.82) is 0 Å². The summed E-state index contributed by atoms with van der Waals surface area (Å²) in [6.45, 7) is 4.12. The van der Waals surface area contributed by atoms with Gasteiger partial charge in [-0.1, -0.05) is 0 Å². The van der Waals surface area contributed by atoms with Crippen LogP contribution in [0.15, 0.2) is 55.0 Å². The van der Waals surface area contributed by atoms with Crippen LogP contribution in [-0.2, 0) is 14.3 Å². The fourth-order valence-corrected chi connectivity index (χ4v) is 6.35. The fraction of sp³-hybridized carbons (Fsp3) is 0.406. The fourth-order valence-electron chi connectivity index (χ4n) is 6.35. The van der Waals surface area contributed by atoms with E-state index in [2.05, 4.69) is 31.8 Å². The van der Waals surface area contributed by atoms with E-state index in [0.29, 0.717) is 49.5 Å².